The highest BCUT2D eigenvalue weighted by molar-refractivity contribution is 5.89. The van der Waals surface area contributed by atoms with Crippen LogP contribution in [0.2, 0.25) is 0 Å². The summed E-state index contributed by atoms with van der Waals surface area (Å²) < 4.78 is 13.6. The first kappa shape index (κ1) is 21.0. The van der Waals surface area contributed by atoms with Crippen molar-refractivity contribution in [3.8, 4) is 6.07 Å². The third-order valence-electron chi connectivity index (χ3n) is 6.11. The highest BCUT2D eigenvalue weighted by Crippen LogP contribution is 2.30. The molecule has 1 aliphatic heterocycles. The number of hydrogen-bond donors (Lipinski definition) is 2. The van der Waals surface area contributed by atoms with E-state index in [1.165, 1.54) is 12.1 Å². The van der Waals surface area contributed by atoms with Gasteiger partial charge >= 0.3 is 0 Å². The number of benzene rings is 3. The second kappa shape index (κ2) is 8.84. The Morgan fingerprint density at radius 2 is 1.87 bits per heavy atom. The number of nitrogens with one attached hydrogen (secondary N) is 2. The van der Waals surface area contributed by atoms with Crippen molar-refractivity contribution >= 4 is 16.7 Å². The molecule has 1 aliphatic rings. The summed E-state index contributed by atoms with van der Waals surface area (Å²) >= 11 is 0. The molecule has 0 spiro atoms. The van der Waals surface area contributed by atoms with Gasteiger partial charge in [-0.15, -0.1) is 0 Å². The topological polar surface area (TPSA) is 68.2 Å². The third kappa shape index (κ3) is 4.15. The Morgan fingerprint density at radius 3 is 2.58 bits per heavy atom. The van der Waals surface area contributed by atoms with Crippen molar-refractivity contribution in [2.24, 2.45) is 0 Å². The molecule has 5 nitrogen and oxygen atoms in total. The normalized spacial score (nSPS) is 16.4. The molecule has 0 saturated carbocycles. The number of piperazine rings is 1. The molecule has 1 heterocycles. The summed E-state index contributed by atoms with van der Waals surface area (Å²) in [4.78, 5) is 15.7. The van der Waals surface area contributed by atoms with E-state index in [2.05, 4.69) is 21.6 Å². The van der Waals surface area contributed by atoms with Gasteiger partial charge in [-0.3, -0.25) is 9.69 Å². The monoisotopic (exact) mass is 416 g/mol. The van der Waals surface area contributed by atoms with Gasteiger partial charge in [0, 0.05) is 32.7 Å². The quantitative estimate of drug-likeness (QED) is 0.670. The Kier molecular flexibility index (Phi) is 5.99. The fourth-order valence-electron chi connectivity index (χ4n) is 4.29. The average molecular weight is 417 g/mol. The van der Waals surface area contributed by atoms with Crippen LogP contribution < -0.4 is 10.6 Å². The fourth-order valence-corrected chi connectivity index (χ4v) is 4.29. The molecule has 1 unspecified atom stereocenters. The highest BCUT2D eigenvalue weighted by atomic mass is 19.1. The molecule has 3 aromatic carbocycles. The van der Waals surface area contributed by atoms with E-state index in [1.54, 1.807) is 12.1 Å². The lowest BCUT2D eigenvalue weighted by Crippen LogP contribution is -2.59. The molecule has 31 heavy (non-hydrogen) atoms. The number of carbonyl (C=O) groups excluding carboxylic acids is 1. The molecule has 158 valence electrons. The van der Waals surface area contributed by atoms with Crippen LogP contribution in [0, 0.1) is 17.1 Å². The second-order valence-corrected chi connectivity index (χ2v) is 7.97. The summed E-state index contributed by atoms with van der Waals surface area (Å²) in [6.45, 7) is 5.21. The van der Waals surface area contributed by atoms with Crippen LogP contribution in [0.25, 0.3) is 10.8 Å². The number of nitriles is 1. The van der Waals surface area contributed by atoms with Gasteiger partial charge < -0.3 is 10.6 Å². The average Bonchev–Trinajstić information content (AvgIpc) is 2.82. The maximum Gasteiger partial charge on any atom is 0.245 e. The molecular formula is C25H25FN4O. The van der Waals surface area contributed by atoms with Crippen LogP contribution in [0.1, 0.15) is 23.6 Å². The van der Waals surface area contributed by atoms with Crippen molar-refractivity contribution < 1.29 is 9.18 Å². The minimum Gasteiger partial charge on any atom is -0.350 e. The predicted octanol–water partition coefficient (Wildman–Crippen LogP) is 3.29. The SMILES string of the molecule is CC(C(=O)NCc1cc(C#N)cc2ccccc12)(c1ccc(F)cc1)N1CCNCC1. The largest absolute Gasteiger partial charge is 0.350 e. The molecular weight excluding hydrogens is 391 g/mol. The Morgan fingerprint density at radius 1 is 1.16 bits per heavy atom. The van der Waals surface area contributed by atoms with Crippen molar-refractivity contribution in [1.82, 2.24) is 15.5 Å². The van der Waals surface area contributed by atoms with Crippen LogP contribution in [0.4, 0.5) is 4.39 Å². The predicted molar refractivity (Wildman–Crippen MR) is 119 cm³/mol. The summed E-state index contributed by atoms with van der Waals surface area (Å²) in [6.07, 6.45) is 0. The zero-order chi connectivity index (χ0) is 21.8. The molecule has 1 atom stereocenters. The zero-order valence-electron chi connectivity index (χ0n) is 17.5. The number of amides is 1. The first-order valence-electron chi connectivity index (χ1n) is 10.4. The Balaban J connectivity index is 1.65. The van der Waals surface area contributed by atoms with Crippen molar-refractivity contribution in [3.05, 3.63) is 83.2 Å². The minimum absolute atomic E-state index is 0.146. The van der Waals surface area contributed by atoms with E-state index in [0.29, 0.717) is 25.2 Å². The van der Waals surface area contributed by atoms with Crippen molar-refractivity contribution in [2.45, 2.75) is 19.0 Å². The summed E-state index contributed by atoms with van der Waals surface area (Å²) in [5, 5.41) is 17.8. The van der Waals surface area contributed by atoms with Crippen LogP contribution in [0.15, 0.2) is 60.7 Å². The van der Waals surface area contributed by atoms with Gasteiger partial charge in [0.25, 0.3) is 0 Å². The van der Waals surface area contributed by atoms with Crippen LogP contribution in [0.3, 0.4) is 0 Å². The van der Waals surface area contributed by atoms with E-state index in [9.17, 15) is 14.4 Å². The van der Waals surface area contributed by atoms with Crippen LogP contribution in [0.5, 0.6) is 0 Å². The molecule has 3 aromatic rings. The zero-order valence-corrected chi connectivity index (χ0v) is 17.5. The van der Waals surface area contributed by atoms with Gasteiger partial charge in [-0.25, -0.2) is 4.39 Å². The van der Waals surface area contributed by atoms with Crippen molar-refractivity contribution in [1.29, 1.82) is 5.26 Å². The minimum atomic E-state index is -0.932. The molecule has 0 radical (unpaired) electrons. The number of nitrogens with zero attached hydrogens (tertiary/aromatic N) is 2. The van der Waals surface area contributed by atoms with E-state index in [4.69, 9.17) is 0 Å². The molecule has 1 saturated heterocycles. The fraction of sp³-hybridized carbons (Fsp3) is 0.280. The number of rotatable bonds is 5. The molecule has 1 amide bonds. The first-order valence-corrected chi connectivity index (χ1v) is 10.4. The van der Waals surface area contributed by atoms with Gasteiger partial charge in [0.15, 0.2) is 0 Å². The van der Waals surface area contributed by atoms with Crippen molar-refractivity contribution in [3.63, 3.8) is 0 Å². The van der Waals surface area contributed by atoms with Gasteiger partial charge in [0.05, 0.1) is 11.6 Å². The van der Waals surface area contributed by atoms with E-state index < -0.39 is 5.54 Å². The second-order valence-electron chi connectivity index (χ2n) is 7.97. The maximum atomic E-state index is 13.6. The summed E-state index contributed by atoms with van der Waals surface area (Å²) in [7, 11) is 0. The Labute approximate surface area is 181 Å². The lowest BCUT2D eigenvalue weighted by atomic mass is 9.88. The van der Waals surface area contributed by atoms with Gasteiger partial charge in [0.1, 0.15) is 11.4 Å². The number of carbonyl (C=O) groups is 1. The van der Waals surface area contributed by atoms with Crippen molar-refractivity contribution in [2.75, 3.05) is 26.2 Å². The van der Waals surface area contributed by atoms with Gasteiger partial charge in [-0.2, -0.15) is 5.26 Å². The molecule has 1 fully saturated rings. The number of halogens is 1. The van der Waals surface area contributed by atoms with E-state index in [1.807, 2.05) is 43.3 Å². The summed E-state index contributed by atoms with van der Waals surface area (Å²) in [6, 6.07) is 19.9. The lowest BCUT2D eigenvalue weighted by Gasteiger charge is -2.42. The highest BCUT2D eigenvalue weighted by Gasteiger charge is 2.41. The molecule has 4 rings (SSSR count). The number of fused-ring (bicyclic) bond motifs is 1. The van der Waals surface area contributed by atoms with Gasteiger partial charge in [-0.1, -0.05) is 36.4 Å². The molecule has 0 aliphatic carbocycles. The first-order chi connectivity index (χ1) is 15.0. The molecule has 6 heteroatoms. The number of hydrogen-bond acceptors (Lipinski definition) is 4. The lowest BCUT2D eigenvalue weighted by molar-refractivity contribution is -0.134. The van der Waals surface area contributed by atoms with Crippen LogP contribution >= 0.6 is 0 Å². The molecule has 0 bridgehead atoms. The molecule has 0 aromatic heterocycles. The summed E-state index contributed by atoms with van der Waals surface area (Å²) in [5.74, 6) is -0.473. The molecule has 2 N–H and O–H groups in total. The Bertz CT molecular complexity index is 1130. The van der Waals surface area contributed by atoms with E-state index in [-0.39, 0.29) is 11.7 Å². The maximum absolute atomic E-state index is 13.6. The van der Waals surface area contributed by atoms with E-state index in [0.717, 1.165) is 35.0 Å². The Hall–Kier alpha value is -3.27. The van der Waals surface area contributed by atoms with Gasteiger partial charge in [0.2, 0.25) is 5.91 Å². The van der Waals surface area contributed by atoms with Gasteiger partial charge in [-0.05, 0) is 53.1 Å². The third-order valence-corrected chi connectivity index (χ3v) is 6.11. The van der Waals surface area contributed by atoms with Crippen LogP contribution in [-0.4, -0.2) is 37.0 Å². The standard InChI is InChI=1S/C25H25FN4O/c1-25(30-12-10-28-11-13-30,21-6-8-22(26)9-7-21)24(31)29-17-20-15-18(16-27)14-19-4-2-3-5-23(19)20/h2-9,14-15,28H,10-13,17H2,1H3,(H,29,31). The van der Waals surface area contributed by atoms with E-state index >= 15 is 0 Å². The van der Waals surface area contributed by atoms with Crippen LogP contribution in [-0.2, 0) is 16.9 Å². The summed E-state index contributed by atoms with van der Waals surface area (Å²) in [5.41, 5.74) is 1.28. The smallest absolute Gasteiger partial charge is 0.245 e.